The molecule has 1 heterocycles. The second-order valence-corrected chi connectivity index (χ2v) is 5.64. The number of hydrogen-bond donors (Lipinski definition) is 2. The Kier molecular flexibility index (Phi) is 5.81. The maximum atomic E-state index is 12.1. The number of benzene rings is 1. The SMILES string of the molecule is CCCCNC(=O)Cn1c(CCCC)nc2c(N)cccc21. The number of imidazole rings is 1. The summed E-state index contributed by atoms with van der Waals surface area (Å²) in [7, 11) is 0. The van der Waals surface area contributed by atoms with Crippen LogP contribution in [0.5, 0.6) is 0 Å². The van der Waals surface area contributed by atoms with Crippen LogP contribution in [0.1, 0.15) is 45.4 Å². The van der Waals surface area contributed by atoms with E-state index in [4.69, 9.17) is 5.73 Å². The first-order chi connectivity index (χ1) is 10.7. The smallest absolute Gasteiger partial charge is 0.240 e. The zero-order valence-electron chi connectivity index (χ0n) is 13.6. The Labute approximate surface area is 131 Å². The van der Waals surface area contributed by atoms with Crippen molar-refractivity contribution in [2.75, 3.05) is 12.3 Å². The van der Waals surface area contributed by atoms with E-state index in [1.54, 1.807) is 0 Å². The third-order valence-corrected chi connectivity index (χ3v) is 3.80. The van der Waals surface area contributed by atoms with Gasteiger partial charge in [0.25, 0.3) is 0 Å². The van der Waals surface area contributed by atoms with Crippen LogP contribution in [0.4, 0.5) is 5.69 Å². The molecule has 0 atom stereocenters. The number of nitrogen functional groups attached to an aromatic ring is 1. The molecule has 1 amide bonds. The van der Waals surface area contributed by atoms with Crippen molar-refractivity contribution in [2.45, 2.75) is 52.5 Å². The van der Waals surface area contributed by atoms with Crippen LogP contribution in [0.15, 0.2) is 18.2 Å². The van der Waals surface area contributed by atoms with E-state index in [9.17, 15) is 4.79 Å². The lowest BCUT2D eigenvalue weighted by Gasteiger charge is -2.09. The Morgan fingerprint density at radius 2 is 2.05 bits per heavy atom. The zero-order valence-corrected chi connectivity index (χ0v) is 13.6. The number of carbonyl (C=O) groups is 1. The predicted molar refractivity (Wildman–Crippen MR) is 90.7 cm³/mol. The fourth-order valence-corrected chi connectivity index (χ4v) is 2.52. The van der Waals surface area contributed by atoms with E-state index in [-0.39, 0.29) is 5.91 Å². The monoisotopic (exact) mass is 302 g/mol. The summed E-state index contributed by atoms with van der Waals surface area (Å²) in [6.07, 6.45) is 5.10. The summed E-state index contributed by atoms with van der Waals surface area (Å²) in [5, 5.41) is 2.97. The number of nitrogens with one attached hydrogen (secondary N) is 1. The van der Waals surface area contributed by atoms with E-state index in [1.807, 2.05) is 22.8 Å². The van der Waals surface area contributed by atoms with Gasteiger partial charge in [0.05, 0.1) is 11.2 Å². The molecule has 0 spiro atoms. The van der Waals surface area contributed by atoms with Gasteiger partial charge >= 0.3 is 0 Å². The number of rotatable bonds is 8. The lowest BCUT2D eigenvalue weighted by atomic mass is 10.2. The fraction of sp³-hybridized carbons (Fsp3) is 0.529. The highest BCUT2D eigenvalue weighted by molar-refractivity contribution is 5.89. The molecule has 1 aromatic carbocycles. The highest BCUT2D eigenvalue weighted by atomic mass is 16.1. The minimum Gasteiger partial charge on any atom is -0.397 e. The van der Waals surface area contributed by atoms with Gasteiger partial charge in [-0.25, -0.2) is 4.98 Å². The van der Waals surface area contributed by atoms with Gasteiger partial charge in [-0.3, -0.25) is 4.79 Å². The first-order valence-electron chi connectivity index (χ1n) is 8.17. The number of para-hydroxylation sites is 1. The number of aryl methyl sites for hydroxylation is 1. The zero-order chi connectivity index (χ0) is 15.9. The highest BCUT2D eigenvalue weighted by Gasteiger charge is 2.14. The topological polar surface area (TPSA) is 72.9 Å². The van der Waals surface area contributed by atoms with Crippen molar-refractivity contribution in [2.24, 2.45) is 0 Å². The molecule has 5 heteroatoms. The van der Waals surface area contributed by atoms with Gasteiger partial charge in [0, 0.05) is 13.0 Å². The van der Waals surface area contributed by atoms with Crippen LogP contribution in [0.2, 0.25) is 0 Å². The van der Waals surface area contributed by atoms with E-state index in [0.717, 1.165) is 55.5 Å². The molecule has 22 heavy (non-hydrogen) atoms. The molecule has 120 valence electrons. The molecule has 0 aliphatic rings. The van der Waals surface area contributed by atoms with Gasteiger partial charge in [0.1, 0.15) is 17.9 Å². The van der Waals surface area contributed by atoms with Crippen LogP contribution < -0.4 is 11.1 Å². The molecular weight excluding hydrogens is 276 g/mol. The maximum Gasteiger partial charge on any atom is 0.240 e. The number of aromatic nitrogens is 2. The lowest BCUT2D eigenvalue weighted by molar-refractivity contribution is -0.121. The quantitative estimate of drug-likeness (QED) is 0.581. The Hall–Kier alpha value is -2.04. The molecule has 0 radical (unpaired) electrons. The van der Waals surface area contributed by atoms with E-state index >= 15 is 0 Å². The van der Waals surface area contributed by atoms with E-state index in [1.165, 1.54) is 0 Å². The van der Waals surface area contributed by atoms with E-state index in [2.05, 4.69) is 24.1 Å². The average Bonchev–Trinajstić information content (AvgIpc) is 2.85. The summed E-state index contributed by atoms with van der Waals surface area (Å²) in [6, 6.07) is 5.74. The highest BCUT2D eigenvalue weighted by Crippen LogP contribution is 2.22. The van der Waals surface area contributed by atoms with Crippen molar-refractivity contribution in [3.8, 4) is 0 Å². The number of amides is 1. The molecule has 2 rings (SSSR count). The van der Waals surface area contributed by atoms with Crippen molar-refractivity contribution in [1.29, 1.82) is 0 Å². The molecule has 0 bridgehead atoms. The second kappa shape index (κ2) is 7.82. The summed E-state index contributed by atoms with van der Waals surface area (Å²) >= 11 is 0. The van der Waals surface area contributed by atoms with Crippen LogP contribution in [-0.2, 0) is 17.8 Å². The number of nitrogens with two attached hydrogens (primary N) is 1. The van der Waals surface area contributed by atoms with Crippen LogP contribution in [0, 0.1) is 0 Å². The molecule has 0 aliphatic carbocycles. The van der Waals surface area contributed by atoms with Gasteiger partial charge in [-0.1, -0.05) is 32.8 Å². The van der Waals surface area contributed by atoms with Gasteiger partial charge < -0.3 is 15.6 Å². The van der Waals surface area contributed by atoms with Crippen molar-refractivity contribution in [1.82, 2.24) is 14.9 Å². The number of fused-ring (bicyclic) bond motifs is 1. The molecule has 0 aliphatic heterocycles. The predicted octanol–water partition coefficient (Wildman–Crippen LogP) is 2.88. The van der Waals surface area contributed by atoms with Gasteiger partial charge in [-0.2, -0.15) is 0 Å². The van der Waals surface area contributed by atoms with Gasteiger partial charge in [0.2, 0.25) is 5.91 Å². The normalized spacial score (nSPS) is 11.0. The summed E-state index contributed by atoms with van der Waals surface area (Å²) < 4.78 is 2.00. The molecular formula is C17H26N4O. The van der Waals surface area contributed by atoms with E-state index in [0.29, 0.717) is 12.2 Å². The van der Waals surface area contributed by atoms with Crippen molar-refractivity contribution in [3.05, 3.63) is 24.0 Å². The molecule has 0 saturated carbocycles. The fourth-order valence-electron chi connectivity index (χ4n) is 2.52. The Balaban J connectivity index is 2.25. The number of nitrogens with zero attached hydrogens (tertiary/aromatic N) is 2. The number of anilines is 1. The Bertz CT molecular complexity index is 633. The molecule has 0 fully saturated rings. The first-order valence-corrected chi connectivity index (χ1v) is 8.17. The van der Waals surface area contributed by atoms with Gasteiger partial charge in [-0.15, -0.1) is 0 Å². The Morgan fingerprint density at radius 3 is 2.77 bits per heavy atom. The second-order valence-electron chi connectivity index (χ2n) is 5.64. The summed E-state index contributed by atoms with van der Waals surface area (Å²) in [5.74, 6) is 0.980. The standard InChI is InChI=1S/C17H26N4O/c1-3-5-10-15-20-17-13(18)8-7-9-14(17)21(15)12-16(22)19-11-6-4-2/h7-9H,3-6,10-12,18H2,1-2H3,(H,19,22). The van der Waals surface area contributed by atoms with Crippen LogP contribution in [-0.4, -0.2) is 22.0 Å². The number of hydrogen-bond acceptors (Lipinski definition) is 3. The third kappa shape index (κ3) is 3.78. The maximum absolute atomic E-state index is 12.1. The largest absolute Gasteiger partial charge is 0.397 e. The van der Waals surface area contributed by atoms with Crippen molar-refractivity contribution < 1.29 is 4.79 Å². The van der Waals surface area contributed by atoms with Gasteiger partial charge in [0.15, 0.2) is 0 Å². The van der Waals surface area contributed by atoms with E-state index < -0.39 is 0 Å². The third-order valence-electron chi connectivity index (χ3n) is 3.80. The molecule has 0 saturated heterocycles. The number of unbranched alkanes of at least 4 members (excludes halogenated alkanes) is 2. The molecule has 3 N–H and O–H groups in total. The molecule has 1 aromatic heterocycles. The lowest BCUT2D eigenvalue weighted by Crippen LogP contribution is -2.29. The van der Waals surface area contributed by atoms with Crippen LogP contribution in [0.3, 0.4) is 0 Å². The average molecular weight is 302 g/mol. The van der Waals surface area contributed by atoms with Crippen molar-refractivity contribution >= 4 is 22.6 Å². The number of carbonyl (C=O) groups excluding carboxylic acids is 1. The summed E-state index contributed by atoms with van der Waals surface area (Å²) in [4.78, 5) is 16.8. The molecule has 5 nitrogen and oxygen atoms in total. The first kappa shape index (κ1) is 16.3. The summed E-state index contributed by atoms with van der Waals surface area (Å²) in [5.41, 5.74) is 8.43. The molecule has 2 aromatic rings. The van der Waals surface area contributed by atoms with Crippen LogP contribution in [0.25, 0.3) is 11.0 Å². The van der Waals surface area contributed by atoms with Crippen LogP contribution >= 0.6 is 0 Å². The van der Waals surface area contributed by atoms with Crippen molar-refractivity contribution in [3.63, 3.8) is 0 Å². The Morgan fingerprint density at radius 1 is 1.27 bits per heavy atom. The minimum absolute atomic E-state index is 0.0351. The minimum atomic E-state index is 0.0351. The molecule has 0 unspecified atom stereocenters. The van der Waals surface area contributed by atoms with Gasteiger partial charge in [-0.05, 0) is 25.0 Å². The summed E-state index contributed by atoms with van der Waals surface area (Å²) in [6.45, 7) is 5.30.